The van der Waals surface area contributed by atoms with Gasteiger partial charge in [0, 0.05) is 28.2 Å². The zero-order valence-electron chi connectivity index (χ0n) is 12.3. The summed E-state index contributed by atoms with van der Waals surface area (Å²) in [6.07, 6.45) is 3.53. The maximum Gasteiger partial charge on any atom is 0.138 e. The first-order valence-electron chi connectivity index (χ1n) is 7.23. The molecule has 3 nitrogen and oxygen atoms in total. The quantitative estimate of drug-likeness (QED) is 0.474. The number of fused-ring (bicyclic) bond motifs is 1. The van der Waals surface area contributed by atoms with Crippen LogP contribution in [0.25, 0.3) is 22.3 Å². The highest BCUT2D eigenvalue weighted by Crippen LogP contribution is 2.34. The molecule has 3 heterocycles. The molecule has 6 heteroatoms. The van der Waals surface area contributed by atoms with Gasteiger partial charge in [-0.05, 0) is 30.3 Å². The van der Waals surface area contributed by atoms with E-state index in [1.807, 2.05) is 54.7 Å². The van der Waals surface area contributed by atoms with Crippen molar-refractivity contribution in [3.05, 3.63) is 71.0 Å². The lowest BCUT2D eigenvalue weighted by molar-refractivity contribution is 1.14. The first-order chi connectivity index (χ1) is 11.7. The Balaban J connectivity index is 1.74. The van der Waals surface area contributed by atoms with Crippen molar-refractivity contribution in [3.8, 4) is 11.3 Å². The van der Waals surface area contributed by atoms with Crippen LogP contribution >= 0.6 is 35.0 Å². The van der Waals surface area contributed by atoms with Crippen molar-refractivity contribution in [1.82, 2.24) is 15.0 Å². The molecule has 0 bridgehead atoms. The van der Waals surface area contributed by atoms with Gasteiger partial charge in [-0.15, -0.1) is 0 Å². The first-order valence-corrected chi connectivity index (χ1v) is 8.80. The van der Waals surface area contributed by atoms with Gasteiger partial charge in [-0.2, -0.15) is 0 Å². The van der Waals surface area contributed by atoms with Crippen molar-refractivity contribution in [2.24, 2.45) is 0 Å². The highest BCUT2D eigenvalue weighted by molar-refractivity contribution is 7.99. The Morgan fingerprint density at radius 3 is 2.75 bits per heavy atom. The molecule has 0 aliphatic rings. The Morgan fingerprint density at radius 2 is 1.88 bits per heavy atom. The van der Waals surface area contributed by atoms with Crippen molar-refractivity contribution in [1.29, 1.82) is 0 Å². The summed E-state index contributed by atoms with van der Waals surface area (Å²) in [4.78, 5) is 13.2. The summed E-state index contributed by atoms with van der Waals surface area (Å²) in [7, 11) is 0. The van der Waals surface area contributed by atoms with Gasteiger partial charge in [-0.25, -0.2) is 9.97 Å². The largest absolute Gasteiger partial charge is 0.345 e. The molecule has 4 rings (SSSR count). The number of hydrogen-bond acceptors (Lipinski definition) is 3. The van der Waals surface area contributed by atoms with Crippen LogP contribution in [0, 0.1) is 0 Å². The lowest BCUT2D eigenvalue weighted by Gasteiger charge is -2.05. The van der Waals surface area contributed by atoms with E-state index < -0.39 is 0 Å². The van der Waals surface area contributed by atoms with E-state index in [1.54, 1.807) is 6.20 Å². The summed E-state index contributed by atoms with van der Waals surface area (Å²) in [5.74, 6) is 0. The van der Waals surface area contributed by atoms with Crippen LogP contribution in [0.5, 0.6) is 0 Å². The average molecular weight is 372 g/mol. The normalized spacial score (nSPS) is 11.1. The molecule has 0 aliphatic carbocycles. The third-order valence-electron chi connectivity index (χ3n) is 3.55. The number of aromatic amines is 1. The zero-order chi connectivity index (χ0) is 16.5. The van der Waals surface area contributed by atoms with Crippen molar-refractivity contribution >= 4 is 46.0 Å². The average Bonchev–Trinajstić information content (AvgIpc) is 3.00. The van der Waals surface area contributed by atoms with Crippen LogP contribution in [0.3, 0.4) is 0 Å². The molecule has 0 unspecified atom stereocenters. The third-order valence-corrected chi connectivity index (χ3v) is 5.21. The lowest BCUT2D eigenvalue weighted by atomic mass is 10.1. The topological polar surface area (TPSA) is 41.6 Å². The van der Waals surface area contributed by atoms with E-state index in [2.05, 4.69) is 9.97 Å². The Morgan fingerprint density at radius 1 is 1.00 bits per heavy atom. The van der Waals surface area contributed by atoms with Crippen LogP contribution in [0.1, 0.15) is 0 Å². The van der Waals surface area contributed by atoms with Gasteiger partial charge in [0.05, 0.1) is 15.7 Å². The summed E-state index contributed by atoms with van der Waals surface area (Å²) >= 11 is 13.8. The van der Waals surface area contributed by atoms with Gasteiger partial charge in [0.25, 0.3) is 0 Å². The van der Waals surface area contributed by atoms with Crippen molar-refractivity contribution < 1.29 is 0 Å². The van der Waals surface area contributed by atoms with Gasteiger partial charge in [0.15, 0.2) is 0 Å². The van der Waals surface area contributed by atoms with Crippen molar-refractivity contribution in [2.45, 2.75) is 9.92 Å². The monoisotopic (exact) mass is 371 g/mol. The van der Waals surface area contributed by atoms with Crippen LogP contribution in [0.2, 0.25) is 10.0 Å². The van der Waals surface area contributed by atoms with E-state index in [0.717, 1.165) is 37.2 Å². The van der Waals surface area contributed by atoms with Crippen LogP contribution in [-0.4, -0.2) is 15.0 Å². The van der Waals surface area contributed by atoms with Crippen molar-refractivity contribution in [2.75, 3.05) is 0 Å². The van der Waals surface area contributed by atoms with Gasteiger partial charge in [0.1, 0.15) is 10.7 Å². The highest BCUT2D eigenvalue weighted by atomic mass is 35.5. The SMILES string of the molecule is Clc1cnc2[nH]cc(-c3cccc(Sc4ccccc4Cl)n3)c2c1. The molecular weight excluding hydrogens is 361 g/mol. The minimum atomic E-state index is 0.602. The lowest BCUT2D eigenvalue weighted by Crippen LogP contribution is -1.86. The number of nitrogens with zero attached hydrogens (tertiary/aromatic N) is 2. The maximum atomic E-state index is 6.23. The van der Waals surface area contributed by atoms with Crippen molar-refractivity contribution in [3.63, 3.8) is 0 Å². The van der Waals surface area contributed by atoms with Gasteiger partial charge in [0.2, 0.25) is 0 Å². The van der Waals surface area contributed by atoms with Crippen LogP contribution in [0.15, 0.2) is 70.8 Å². The second-order valence-electron chi connectivity index (χ2n) is 5.15. The van der Waals surface area contributed by atoms with E-state index in [4.69, 9.17) is 28.2 Å². The maximum absolute atomic E-state index is 6.23. The predicted molar refractivity (Wildman–Crippen MR) is 99.9 cm³/mol. The molecule has 0 fully saturated rings. The van der Waals surface area contributed by atoms with E-state index in [0.29, 0.717) is 5.02 Å². The highest BCUT2D eigenvalue weighted by Gasteiger charge is 2.10. The molecule has 0 amide bonds. The van der Waals surface area contributed by atoms with Gasteiger partial charge < -0.3 is 4.98 Å². The number of hydrogen-bond donors (Lipinski definition) is 1. The van der Waals surface area contributed by atoms with Crippen LogP contribution in [-0.2, 0) is 0 Å². The summed E-state index contributed by atoms with van der Waals surface area (Å²) < 4.78 is 0. The summed E-state index contributed by atoms with van der Waals surface area (Å²) in [5, 5.41) is 3.16. The second kappa shape index (κ2) is 6.48. The molecule has 3 aromatic heterocycles. The predicted octanol–water partition coefficient (Wildman–Crippen LogP) is 6.08. The second-order valence-corrected chi connectivity index (χ2v) is 7.05. The zero-order valence-corrected chi connectivity index (χ0v) is 14.7. The Hall–Kier alpha value is -2.01. The fourth-order valence-electron chi connectivity index (χ4n) is 2.45. The van der Waals surface area contributed by atoms with E-state index in [1.165, 1.54) is 11.8 Å². The Bertz CT molecular complexity index is 1030. The third kappa shape index (κ3) is 3.00. The molecule has 1 aromatic carbocycles. The molecule has 0 spiro atoms. The van der Waals surface area contributed by atoms with E-state index >= 15 is 0 Å². The molecule has 0 radical (unpaired) electrons. The molecule has 0 aliphatic heterocycles. The molecule has 4 aromatic rings. The molecule has 118 valence electrons. The minimum absolute atomic E-state index is 0.602. The van der Waals surface area contributed by atoms with E-state index in [9.17, 15) is 0 Å². The molecule has 24 heavy (non-hydrogen) atoms. The minimum Gasteiger partial charge on any atom is -0.345 e. The molecule has 0 saturated heterocycles. The summed E-state index contributed by atoms with van der Waals surface area (Å²) in [5.41, 5.74) is 2.63. The fourth-order valence-corrected chi connectivity index (χ4v) is 3.69. The summed E-state index contributed by atoms with van der Waals surface area (Å²) in [6.45, 7) is 0. The smallest absolute Gasteiger partial charge is 0.138 e. The number of aromatic nitrogens is 3. The Kier molecular flexibility index (Phi) is 4.19. The van der Waals surface area contributed by atoms with Crippen LogP contribution in [0.4, 0.5) is 0 Å². The van der Waals surface area contributed by atoms with Gasteiger partial charge in [-0.3, -0.25) is 0 Å². The number of pyridine rings is 2. The number of nitrogens with one attached hydrogen (secondary N) is 1. The number of rotatable bonds is 3. The fraction of sp³-hybridized carbons (Fsp3) is 0. The van der Waals surface area contributed by atoms with Gasteiger partial charge in [-0.1, -0.05) is 53.2 Å². The number of H-pyrrole nitrogens is 1. The van der Waals surface area contributed by atoms with Gasteiger partial charge >= 0.3 is 0 Å². The standard InChI is InChI=1S/C18H11Cl2N3S/c19-11-8-12-13(10-22-18(12)21-9-11)15-5-3-7-17(23-15)24-16-6-2-1-4-14(16)20/h1-10H,(H,21,22). The van der Waals surface area contributed by atoms with Crippen LogP contribution < -0.4 is 0 Å². The first kappa shape index (κ1) is 15.5. The molecule has 1 N–H and O–H groups in total. The summed E-state index contributed by atoms with van der Waals surface area (Å²) in [6, 6.07) is 15.6. The Labute approximate surface area is 153 Å². The number of halogens is 2. The molecule has 0 atom stereocenters. The molecule has 0 saturated carbocycles. The van der Waals surface area contributed by atoms with E-state index in [-0.39, 0.29) is 0 Å². The number of benzene rings is 1. The molecular formula is C18H11Cl2N3S.